The predicted molar refractivity (Wildman–Crippen MR) is 67.0 cm³/mol. The van der Waals surface area contributed by atoms with E-state index >= 15 is 0 Å². The predicted octanol–water partition coefficient (Wildman–Crippen LogP) is -0.0648. The van der Waals surface area contributed by atoms with E-state index in [1.807, 2.05) is 13.8 Å². The Bertz CT molecular complexity index is 340. The molecule has 0 aromatic carbocycles. The van der Waals surface area contributed by atoms with Crippen LogP contribution in [0.15, 0.2) is 5.16 Å². The van der Waals surface area contributed by atoms with Crippen LogP contribution in [-0.2, 0) is 10.2 Å². The van der Waals surface area contributed by atoms with Crippen LogP contribution in [0.5, 0.6) is 0 Å². The highest BCUT2D eigenvalue weighted by atomic mass is 32.2. The van der Waals surface area contributed by atoms with Gasteiger partial charge in [-0.2, -0.15) is 12.7 Å². The molecule has 0 spiro atoms. The molecule has 0 rings (SSSR count). The van der Waals surface area contributed by atoms with E-state index < -0.39 is 10.2 Å². The summed E-state index contributed by atoms with van der Waals surface area (Å²) in [6, 6.07) is 0. The Labute approximate surface area is 103 Å². The minimum absolute atomic E-state index is 0.0162. The molecule has 0 atom stereocenters. The number of hydrogen-bond acceptors (Lipinski definition) is 4. The number of nitrogens with two attached hydrogens (primary N) is 1. The molecule has 8 heteroatoms. The van der Waals surface area contributed by atoms with Gasteiger partial charge >= 0.3 is 0 Å². The van der Waals surface area contributed by atoms with Gasteiger partial charge in [0.15, 0.2) is 0 Å². The fourth-order valence-corrected chi connectivity index (χ4v) is 2.50. The first-order valence-corrected chi connectivity index (χ1v) is 6.98. The topological polar surface area (TPSA) is 108 Å². The van der Waals surface area contributed by atoms with Gasteiger partial charge < -0.3 is 10.9 Å². The Balaban J connectivity index is 4.42. The maximum Gasteiger partial charge on any atom is 0.279 e. The first-order chi connectivity index (χ1) is 7.83. The summed E-state index contributed by atoms with van der Waals surface area (Å²) in [4.78, 5) is 0. The molecule has 0 fully saturated rings. The molecule has 0 aromatic rings. The fraction of sp³-hybridized carbons (Fsp3) is 0.889. The molecule has 0 saturated carbocycles. The van der Waals surface area contributed by atoms with Crippen LogP contribution in [0, 0.1) is 5.92 Å². The zero-order valence-corrected chi connectivity index (χ0v) is 11.4. The minimum atomic E-state index is -3.48. The Hall–Kier alpha value is -0.860. The number of hydrogen-bond donors (Lipinski definition) is 3. The molecule has 0 saturated heterocycles. The standard InChI is InChI=1S/C9H22N4O3S/c1-4-13(6-5-9(10)12-14)17(15,16)11-7-8(2)3/h8,11,14H,4-7H2,1-3H3,(H2,10,12). The Morgan fingerprint density at radius 1 is 1.53 bits per heavy atom. The van der Waals surface area contributed by atoms with Gasteiger partial charge in [0.25, 0.3) is 10.2 Å². The second-order valence-electron chi connectivity index (χ2n) is 4.08. The lowest BCUT2D eigenvalue weighted by Crippen LogP contribution is -2.43. The molecule has 7 nitrogen and oxygen atoms in total. The van der Waals surface area contributed by atoms with Crippen LogP contribution in [0.3, 0.4) is 0 Å². The zero-order chi connectivity index (χ0) is 13.5. The van der Waals surface area contributed by atoms with Gasteiger partial charge in [0, 0.05) is 26.1 Å². The molecule has 0 aliphatic heterocycles. The third kappa shape index (κ3) is 6.44. The Morgan fingerprint density at radius 3 is 2.53 bits per heavy atom. The molecular weight excluding hydrogens is 244 g/mol. The van der Waals surface area contributed by atoms with Crippen LogP contribution in [0.25, 0.3) is 0 Å². The van der Waals surface area contributed by atoms with Crippen molar-refractivity contribution in [1.29, 1.82) is 0 Å². The number of nitrogens with zero attached hydrogens (tertiary/aromatic N) is 2. The number of oxime groups is 1. The maximum absolute atomic E-state index is 11.8. The van der Waals surface area contributed by atoms with E-state index in [4.69, 9.17) is 10.9 Å². The summed E-state index contributed by atoms with van der Waals surface area (Å²) in [6.45, 7) is 6.51. The SMILES string of the molecule is CCN(CCC(N)=NO)S(=O)(=O)NCC(C)C. The first kappa shape index (κ1) is 16.1. The lowest BCUT2D eigenvalue weighted by Gasteiger charge is -2.21. The van der Waals surface area contributed by atoms with E-state index in [1.54, 1.807) is 6.92 Å². The lowest BCUT2D eigenvalue weighted by molar-refractivity contribution is 0.315. The van der Waals surface area contributed by atoms with Crippen molar-refractivity contribution in [3.8, 4) is 0 Å². The molecule has 0 aliphatic carbocycles. The molecule has 0 aliphatic rings. The van der Waals surface area contributed by atoms with Gasteiger partial charge in [-0.3, -0.25) is 0 Å². The van der Waals surface area contributed by atoms with Crippen molar-refractivity contribution in [2.75, 3.05) is 19.6 Å². The second kappa shape index (κ2) is 7.46. The molecule has 0 unspecified atom stereocenters. The van der Waals surface area contributed by atoms with E-state index in [2.05, 4.69) is 9.88 Å². The summed E-state index contributed by atoms with van der Waals surface area (Å²) in [5.74, 6) is 0.259. The van der Waals surface area contributed by atoms with Crippen LogP contribution in [-0.4, -0.2) is 43.4 Å². The van der Waals surface area contributed by atoms with E-state index in [0.29, 0.717) is 13.1 Å². The van der Waals surface area contributed by atoms with Crippen molar-refractivity contribution in [1.82, 2.24) is 9.03 Å². The van der Waals surface area contributed by atoms with Crippen LogP contribution < -0.4 is 10.5 Å². The summed E-state index contributed by atoms with van der Waals surface area (Å²) < 4.78 is 27.4. The summed E-state index contributed by atoms with van der Waals surface area (Å²) >= 11 is 0. The van der Waals surface area contributed by atoms with Gasteiger partial charge in [0.2, 0.25) is 0 Å². The smallest absolute Gasteiger partial charge is 0.279 e. The number of rotatable bonds is 8. The molecule has 0 amide bonds. The summed E-state index contributed by atoms with van der Waals surface area (Å²) in [7, 11) is -3.48. The van der Waals surface area contributed by atoms with E-state index in [-0.39, 0.29) is 24.7 Å². The van der Waals surface area contributed by atoms with Crippen LogP contribution in [0.2, 0.25) is 0 Å². The van der Waals surface area contributed by atoms with Crippen molar-refractivity contribution in [3.05, 3.63) is 0 Å². The molecule has 0 aromatic heterocycles. The van der Waals surface area contributed by atoms with E-state index in [9.17, 15) is 8.42 Å². The first-order valence-electron chi connectivity index (χ1n) is 5.54. The van der Waals surface area contributed by atoms with Crippen LogP contribution >= 0.6 is 0 Å². The molecule has 17 heavy (non-hydrogen) atoms. The van der Waals surface area contributed by atoms with Crippen molar-refractivity contribution < 1.29 is 13.6 Å². The average molecular weight is 266 g/mol. The van der Waals surface area contributed by atoms with E-state index in [0.717, 1.165) is 0 Å². The number of nitrogens with one attached hydrogen (secondary N) is 1. The van der Waals surface area contributed by atoms with Gasteiger partial charge in [0.05, 0.1) is 0 Å². The lowest BCUT2D eigenvalue weighted by atomic mass is 10.2. The van der Waals surface area contributed by atoms with Gasteiger partial charge in [-0.25, -0.2) is 4.72 Å². The second-order valence-corrected chi connectivity index (χ2v) is 5.84. The largest absolute Gasteiger partial charge is 0.409 e. The van der Waals surface area contributed by atoms with Gasteiger partial charge in [-0.15, -0.1) is 0 Å². The molecular formula is C9H22N4O3S. The maximum atomic E-state index is 11.8. The van der Waals surface area contributed by atoms with Crippen molar-refractivity contribution >= 4 is 16.0 Å². The molecule has 4 N–H and O–H groups in total. The summed E-state index contributed by atoms with van der Waals surface area (Å²) in [5, 5.41) is 11.2. The molecule has 0 bridgehead atoms. The molecule has 102 valence electrons. The highest BCUT2D eigenvalue weighted by molar-refractivity contribution is 7.87. The number of amidine groups is 1. The summed E-state index contributed by atoms with van der Waals surface area (Å²) in [6.07, 6.45) is 0.201. The van der Waals surface area contributed by atoms with Crippen LogP contribution in [0.4, 0.5) is 0 Å². The quantitative estimate of drug-likeness (QED) is 0.247. The third-order valence-electron chi connectivity index (χ3n) is 2.11. The minimum Gasteiger partial charge on any atom is -0.409 e. The van der Waals surface area contributed by atoms with Crippen molar-refractivity contribution in [2.45, 2.75) is 27.2 Å². The summed E-state index contributed by atoms with van der Waals surface area (Å²) in [5.41, 5.74) is 5.30. The van der Waals surface area contributed by atoms with Gasteiger partial charge in [-0.1, -0.05) is 25.9 Å². The molecule has 0 heterocycles. The van der Waals surface area contributed by atoms with Crippen molar-refractivity contribution in [2.24, 2.45) is 16.8 Å². The highest BCUT2D eigenvalue weighted by Crippen LogP contribution is 2.01. The zero-order valence-electron chi connectivity index (χ0n) is 10.5. The highest BCUT2D eigenvalue weighted by Gasteiger charge is 2.19. The Kier molecular flexibility index (Phi) is 7.09. The third-order valence-corrected chi connectivity index (χ3v) is 3.76. The van der Waals surface area contributed by atoms with E-state index in [1.165, 1.54) is 4.31 Å². The Morgan fingerprint density at radius 2 is 2.12 bits per heavy atom. The van der Waals surface area contributed by atoms with Gasteiger partial charge in [0.1, 0.15) is 5.84 Å². The van der Waals surface area contributed by atoms with Crippen molar-refractivity contribution in [3.63, 3.8) is 0 Å². The monoisotopic (exact) mass is 266 g/mol. The molecule has 0 radical (unpaired) electrons. The van der Waals surface area contributed by atoms with Crippen LogP contribution in [0.1, 0.15) is 27.2 Å². The fourth-order valence-electron chi connectivity index (χ4n) is 1.10. The normalized spacial score (nSPS) is 13.6. The average Bonchev–Trinajstić information content (AvgIpc) is 2.26. The van der Waals surface area contributed by atoms with Gasteiger partial charge in [-0.05, 0) is 5.92 Å².